The first kappa shape index (κ1) is 124. The van der Waals surface area contributed by atoms with Gasteiger partial charge in [-0.15, -0.1) is 0 Å². The fourth-order valence-electron chi connectivity index (χ4n) is 22.4. The van der Waals surface area contributed by atoms with Crippen LogP contribution >= 0.6 is 0 Å². The van der Waals surface area contributed by atoms with E-state index in [1.54, 1.807) is 76.0 Å². The molecular weight excluding hydrogens is 1660 g/mol. The number of esters is 2. The molecule has 4 rings (SSSR count). The van der Waals surface area contributed by atoms with E-state index in [1.165, 1.54) is 0 Å². The zero-order valence-corrected chi connectivity index (χ0v) is 92.0. The Morgan fingerprint density at radius 3 is 0.750 bits per heavy atom. The highest BCUT2D eigenvalue weighted by molar-refractivity contribution is 5.89. The van der Waals surface area contributed by atoms with Gasteiger partial charge in [-0.25, -0.2) is 0 Å². The van der Waals surface area contributed by atoms with Crippen molar-refractivity contribution >= 4 is 71.0 Å². The Balaban J connectivity index is 0.000000880. The van der Waals surface area contributed by atoms with E-state index in [4.69, 9.17) is 9.47 Å². The van der Waals surface area contributed by atoms with Gasteiger partial charge in [0.1, 0.15) is 0 Å². The zero-order valence-electron chi connectivity index (χ0n) is 92.0. The summed E-state index contributed by atoms with van der Waals surface area (Å²) in [5.41, 5.74) is -6.45. The van der Waals surface area contributed by atoms with Gasteiger partial charge >= 0.3 is 11.9 Å². The molecule has 0 bridgehead atoms. The van der Waals surface area contributed by atoms with Gasteiger partial charge < -0.3 is 59.3 Å². The van der Waals surface area contributed by atoms with Gasteiger partial charge in [-0.2, -0.15) is 0 Å². The standard InChI is InChI=1S/C28H53N3O3.C28H52N2O4.C26H49N3O3.C26H48N2O4/c1-12-27(8,23(33)29-26(6,7)19-25(3,4)5)20-28(9,24(34)30(10)11)18-21(2)31-17-15-13-14-16-22(31)32;1-9-12-16-23(10-2)20-34-26(33)27(5,11-3)21-28(6,25(32)29(7)8)19-22(4)30-18-15-13-14-17-24(30)31;1-12-25(8,21(31)27-24(6,7)17-23(3,4)5)18-26(9,22(32)28(10)11)16-19(2)29-15-13-14-20(29)30;1-9-12-14-21(10-2)18-32-24(31)25(5,11-3)19-26(6,23(30)27(7)8)17-20(4)28-16-13-15-22(28)29/h21H,12-20H2,1-11H3,(H,29,33);22-23H,9-21H2,1-8H3;19H,12-18H2,1-11H3,(H,27,31);20-21H,9-19H2,1-8H3. The monoisotopic (exact) mass is 1860 g/mol. The third-order valence-electron chi connectivity index (χ3n) is 29.4. The third kappa shape index (κ3) is 39.3. The summed E-state index contributed by atoms with van der Waals surface area (Å²) in [4.78, 5) is 172. The number of nitrogens with zero attached hydrogens (tertiary/aromatic N) is 8. The van der Waals surface area contributed by atoms with E-state index in [2.05, 4.69) is 114 Å². The van der Waals surface area contributed by atoms with Gasteiger partial charge in [0, 0.05) is 176 Å². The zero-order chi connectivity index (χ0) is 102. The van der Waals surface area contributed by atoms with Crippen LogP contribution in [0.1, 0.15) is 426 Å². The van der Waals surface area contributed by atoms with E-state index in [9.17, 15) is 57.5 Å². The molecule has 0 aromatic heterocycles. The van der Waals surface area contributed by atoms with E-state index in [0.29, 0.717) is 128 Å². The molecule has 768 valence electrons. The second kappa shape index (κ2) is 54.1. The lowest BCUT2D eigenvalue weighted by Crippen LogP contribution is -2.54. The summed E-state index contributed by atoms with van der Waals surface area (Å²) in [6, 6.07) is -0.203. The largest absolute Gasteiger partial charge is 0.465 e. The van der Waals surface area contributed by atoms with Gasteiger partial charge in [-0.1, -0.05) is 190 Å². The number of unbranched alkanes of at least 4 members (excludes halogenated alkanes) is 2. The number of carbonyl (C=O) groups is 12. The maximum atomic E-state index is 13.7. The average molecular weight is 1860 g/mol. The quantitative estimate of drug-likeness (QED) is 0.0536. The van der Waals surface area contributed by atoms with Crippen molar-refractivity contribution in [3.05, 3.63) is 0 Å². The van der Waals surface area contributed by atoms with Gasteiger partial charge in [0.15, 0.2) is 0 Å². The summed E-state index contributed by atoms with van der Waals surface area (Å²) in [6.07, 6.45) is 26.8. The number of hydrogen-bond donors (Lipinski definition) is 2. The first-order valence-electron chi connectivity index (χ1n) is 51.6. The number of amides is 10. The van der Waals surface area contributed by atoms with E-state index in [0.717, 1.165) is 142 Å². The molecule has 0 aromatic rings. The molecule has 0 aromatic carbocycles. The van der Waals surface area contributed by atoms with E-state index < -0.39 is 43.3 Å². The summed E-state index contributed by atoms with van der Waals surface area (Å²) in [7, 11) is 14.1. The number of likely N-dealkylation sites (tertiary alicyclic amines) is 4. The Morgan fingerprint density at radius 2 is 0.545 bits per heavy atom. The van der Waals surface area contributed by atoms with Crippen LogP contribution in [0.15, 0.2) is 0 Å². The Morgan fingerprint density at radius 1 is 0.318 bits per heavy atom. The molecule has 0 spiro atoms. The van der Waals surface area contributed by atoms with Crippen LogP contribution in [0.2, 0.25) is 0 Å². The van der Waals surface area contributed by atoms with Crippen molar-refractivity contribution in [2.45, 2.75) is 461 Å². The minimum absolute atomic E-state index is 0.000494. The van der Waals surface area contributed by atoms with Crippen LogP contribution < -0.4 is 10.6 Å². The lowest BCUT2D eigenvalue weighted by molar-refractivity contribution is -0.162. The van der Waals surface area contributed by atoms with E-state index >= 15 is 0 Å². The Hall–Kier alpha value is -6.36. The molecule has 2 N–H and O–H groups in total. The van der Waals surface area contributed by atoms with Crippen LogP contribution in [-0.4, -0.2) is 241 Å². The molecule has 24 heteroatoms. The second-order valence-electron chi connectivity index (χ2n) is 48.0. The van der Waals surface area contributed by atoms with Crippen LogP contribution in [0.3, 0.4) is 0 Å². The summed E-state index contributed by atoms with van der Waals surface area (Å²) in [6.45, 7) is 65.7. The molecule has 4 aliphatic heterocycles. The van der Waals surface area contributed by atoms with Crippen molar-refractivity contribution in [1.82, 2.24) is 49.8 Å². The topological polar surface area (TPSA) is 273 Å². The molecule has 24 nitrogen and oxygen atoms in total. The Labute approximate surface area is 806 Å². The molecule has 4 aliphatic rings. The van der Waals surface area contributed by atoms with Crippen LogP contribution in [0.4, 0.5) is 0 Å². The fraction of sp³-hybridized carbons (Fsp3) is 0.889. The highest BCUT2D eigenvalue weighted by Gasteiger charge is 2.53. The molecule has 14 atom stereocenters. The highest BCUT2D eigenvalue weighted by Crippen LogP contribution is 2.48. The van der Waals surface area contributed by atoms with Crippen LogP contribution in [0.25, 0.3) is 0 Å². The molecule has 132 heavy (non-hydrogen) atoms. The number of rotatable bonds is 48. The number of carbonyl (C=O) groups excluding carboxylic acids is 12. The SMILES string of the molecule is CCC(C)(CC(C)(CC(C)N1CCCC1=O)C(=O)N(C)C)C(=O)NC(C)(C)CC(C)(C)C.CCC(C)(CC(C)(CC(C)N1CCCCCC1=O)C(=O)N(C)C)C(=O)NC(C)(C)CC(C)(C)C.CCCCC(CC)COC(=O)C(C)(CC)CC(C)(CC(C)N1CCCC1=O)C(=O)N(C)C.CCCCC(CC)COC(=O)C(C)(CC)CC(C)(CC(C)N1CCCCCC1=O)C(=O)N(C)C. The van der Waals surface area contributed by atoms with Crippen molar-refractivity contribution in [2.75, 3.05) is 95.8 Å². The lowest BCUT2D eigenvalue weighted by atomic mass is 9.67. The maximum absolute atomic E-state index is 13.7. The van der Waals surface area contributed by atoms with Crippen LogP contribution in [-0.2, 0) is 67.0 Å². The Bertz CT molecular complexity index is 3640. The number of ether oxygens (including phenoxy) is 2. The van der Waals surface area contributed by atoms with Gasteiger partial charge in [-0.3, -0.25) is 57.5 Å². The van der Waals surface area contributed by atoms with Gasteiger partial charge in [-0.05, 0) is 233 Å². The number of nitrogens with one attached hydrogen (secondary N) is 2. The van der Waals surface area contributed by atoms with Crippen molar-refractivity contribution in [1.29, 1.82) is 0 Å². The molecule has 4 saturated heterocycles. The predicted octanol–water partition coefficient (Wildman–Crippen LogP) is 20.9. The van der Waals surface area contributed by atoms with Crippen LogP contribution in [0.5, 0.6) is 0 Å². The molecular formula is C108H202N10O14. The molecule has 0 saturated carbocycles. The number of hydrogen-bond acceptors (Lipinski definition) is 14. The Kier molecular flexibility index (Phi) is 50.7. The lowest BCUT2D eigenvalue weighted by Gasteiger charge is -2.43. The van der Waals surface area contributed by atoms with Crippen LogP contribution in [0, 0.1) is 66.0 Å². The summed E-state index contributed by atoms with van der Waals surface area (Å²) in [5.74, 6) is 1.07. The molecule has 14 unspecified atom stereocenters. The summed E-state index contributed by atoms with van der Waals surface area (Å²) in [5, 5.41) is 6.58. The highest BCUT2D eigenvalue weighted by atomic mass is 16.5. The third-order valence-corrected chi connectivity index (χ3v) is 29.4. The van der Waals surface area contributed by atoms with Crippen molar-refractivity contribution in [2.24, 2.45) is 66.0 Å². The van der Waals surface area contributed by atoms with Gasteiger partial charge in [0.25, 0.3) is 0 Å². The van der Waals surface area contributed by atoms with E-state index in [-0.39, 0.29) is 117 Å². The minimum Gasteiger partial charge on any atom is -0.465 e. The maximum Gasteiger partial charge on any atom is 0.311 e. The average Bonchev–Trinajstić information content (AvgIpc) is 0.995. The first-order valence-corrected chi connectivity index (χ1v) is 51.6. The van der Waals surface area contributed by atoms with Gasteiger partial charge in [0.2, 0.25) is 59.1 Å². The van der Waals surface area contributed by atoms with Crippen molar-refractivity contribution in [3.63, 3.8) is 0 Å². The molecule has 4 fully saturated rings. The molecule has 10 amide bonds. The molecule has 4 heterocycles. The predicted molar refractivity (Wildman–Crippen MR) is 539 cm³/mol. The normalized spacial score (nSPS) is 19.9. The smallest absolute Gasteiger partial charge is 0.311 e. The van der Waals surface area contributed by atoms with E-state index in [1.807, 2.05) is 123 Å². The minimum atomic E-state index is -0.772. The molecule has 0 aliphatic carbocycles. The van der Waals surface area contributed by atoms with Crippen molar-refractivity contribution in [3.8, 4) is 0 Å². The summed E-state index contributed by atoms with van der Waals surface area (Å²) < 4.78 is 11.7. The van der Waals surface area contributed by atoms with Gasteiger partial charge in [0.05, 0.1) is 24.0 Å². The van der Waals surface area contributed by atoms with Crippen molar-refractivity contribution < 1.29 is 67.0 Å². The first-order chi connectivity index (χ1) is 60.6. The molecule has 0 radical (unpaired) electrons. The summed E-state index contributed by atoms with van der Waals surface area (Å²) >= 11 is 0. The fourth-order valence-corrected chi connectivity index (χ4v) is 22.4. The second-order valence-corrected chi connectivity index (χ2v) is 48.0.